The first-order valence-corrected chi connectivity index (χ1v) is 5.07. The molecule has 0 atom stereocenters. The summed E-state index contributed by atoms with van der Waals surface area (Å²) in [5.74, 6) is -1.53. The SMILES string of the molecule is CN(c1cc(Cl)ccc1F)C(C)(C)C(=O)O. The Hall–Kier alpha value is -1.29. The van der Waals surface area contributed by atoms with E-state index in [1.54, 1.807) is 0 Å². The molecular formula is C11H13ClFNO2. The Bertz CT molecular complexity index is 420. The first-order valence-electron chi connectivity index (χ1n) is 4.69. The van der Waals surface area contributed by atoms with Crippen LogP contribution in [-0.4, -0.2) is 23.7 Å². The number of hydrogen-bond acceptors (Lipinski definition) is 2. The van der Waals surface area contributed by atoms with Crippen LogP contribution in [0.15, 0.2) is 18.2 Å². The van der Waals surface area contributed by atoms with Gasteiger partial charge in [-0.15, -0.1) is 0 Å². The number of carboxylic acid groups (broad SMARTS) is 1. The lowest BCUT2D eigenvalue weighted by atomic mass is 10.0. The predicted octanol–water partition coefficient (Wildman–Crippen LogP) is 2.78. The van der Waals surface area contributed by atoms with Gasteiger partial charge in [-0.05, 0) is 32.0 Å². The lowest BCUT2D eigenvalue weighted by Crippen LogP contribution is -2.48. The number of halogens is 2. The van der Waals surface area contributed by atoms with Crippen molar-refractivity contribution in [2.75, 3.05) is 11.9 Å². The topological polar surface area (TPSA) is 40.5 Å². The summed E-state index contributed by atoms with van der Waals surface area (Å²) in [7, 11) is 1.52. The summed E-state index contributed by atoms with van der Waals surface area (Å²) in [6, 6.07) is 4.04. The highest BCUT2D eigenvalue weighted by atomic mass is 35.5. The average Bonchev–Trinajstić information content (AvgIpc) is 2.20. The quantitative estimate of drug-likeness (QED) is 0.890. The van der Waals surface area contributed by atoms with Gasteiger partial charge in [0, 0.05) is 12.1 Å². The van der Waals surface area contributed by atoms with Gasteiger partial charge >= 0.3 is 5.97 Å². The molecule has 16 heavy (non-hydrogen) atoms. The van der Waals surface area contributed by atoms with Crippen LogP contribution >= 0.6 is 11.6 Å². The minimum atomic E-state index is -1.20. The molecule has 0 fully saturated rings. The number of hydrogen-bond donors (Lipinski definition) is 1. The fourth-order valence-corrected chi connectivity index (χ4v) is 1.35. The van der Waals surface area contributed by atoms with Crippen molar-refractivity contribution in [2.45, 2.75) is 19.4 Å². The third-order valence-corrected chi connectivity index (χ3v) is 2.87. The molecule has 0 saturated heterocycles. The highest BCUT2D eigenvalue weighted by Gasteiger charge is 2.33. The third kappa shape index (κ3) is 2.27. The van der Waals surface area contributed by atoms with Crippen molar-refractivity contribution in [3.8, 4) is 0 Å². The fourth-order valence-electron chi connectivity index (χ4n) is 1.19. The normalized spacial score (nSPS) is 11.3. The second-order valence-electron chi connectivity index (χ2n) is 4.02. The number of carbonyl (C=O) groups is 1. The van der Waals surface area contributed by atoms with E-state index in [9.17, 15) is 9.18 Å². The first kappa shape index (κ1) is 12.8. The molecule has 1 aromatic carbocycles. The van der Waals surface area contributed by atoms with Crippen LogP contribution in [0.25, 0.3) is 0 Å². The molecule has 0 amide bonds. The number of rotatable bonds is 3. The van der Waals surface area contributed by atoms with Crippen LogP contribution < -0.4 is 4.90 Å². The van der Waals surface area contributed by atoms with E-state index in [-0.39, 0.29) is 5.69 Å². The van der Waals surface area contributed by atoms with Crippen LogP contribution in [-0.2, 0) is 4.79 Å². The molecule has 0 heterocycles. The summed E-state index contributed by atoms with van der Waals surface area (Å²) in [6.45, 7) is 2.99. The molecule has 0 aliphatic heterocycles. The molecule has 0 radical (unpaired) electrons. The molecule has 1 rings (SSSR count). The number of anilines is 1. The van der Waals surface area contributed by atoms with E-state index in [0.29, 0.717) is 5.02 Å². The van der Waals surface area contributed by atoms with Gasteiger partial charge in [0.1, 0.15) is 11.4 Å². The van der Waals surface area contributed by atoms with E-state index in [1.807, 2.05) is 0 Å². The number of carboxylic acids is 1. The molecule has 0 spiro atoms. The lowest BCUT2D eigenvalue weighted by molar-refractivity contribution is -0.142. The van der Waals surface area contributed by atoms with Crippen LogP contribution in [0.3, 0.4) is 0 Å². The monoisotopic (exact) mass is 245 g/mol. The van der Waals surface area contributed by atoms with Crippen molar-refractivity contribution < 1.29 is 14.3 Å². The van der Waals surface area contributed by atoms with Gasteiger partial charge in [-0.2, -0.15) is 0 Å². The standard InChI is InChI=1S/C11H13ClFNO2/c1-11(2,10(15)16)14(3)9-6-7(12)4-5-8(9)13/h4-6H,1-3H3,(H,15,16). The summed E-state index contributed by atoms with van der Waals surface area (Å²) in [6.07, 6.45) is 0. The molecule has 0 unspecified atom stereocenters. The van der Waals surface area contributed by atoms with Crippen molar-refractivity contribution in [1.82, 2.24) is 0 Å². The Morgan fingerprint density at radius 1 is 1.50 bits per heavy atom. The summed E-state index contributed by atoms with van der Waals surface area (Å²) < 4.78 is 13.5. The van der Waals surface area contributed by atoms with Gasteiger partial charge in [-0.3, -0.25) is 0 Å². The summed E-state index contributed by atoms with van der Waals surface area (Å²) in [4.78, 5) is 12.4. The highest BCUT2D eigenvalue weighted by molar-refractivity contribution is 6.30. The van der Waals surface area contributed by atoms with Crippen molar-refractivity contribution >= 4 is 23.3 Å². The van der Waals surface area contributed by atoms with E-state index in [0.717, 1.165) is 0 Å². The van der Waals surface area contributed by atoms with Gasteiger partial charge < -0.3 is 10.0 Å². The minimum Gasteiger partial charge on any atom is -0.480 e. The van der Waals surface area contributed by atoms with Crippen molar-refractivity contribution in [2.24, 2.45) is 0 Å². The predicted molar refractivity (Wildman–Crippen MR) is 61.5 cm³/mol. The molecule has 3 nitrogen and oxygen atoms in total. The van der Waals surface area contributed by atoms with Crippen LogP contribution in [0.2, 0.25) is 5.02 Å². The van der Waals surface area contributed by atoms with E-state index in [2.05, 4.69) is 0 Å². The maximum absolute atomic E-state index is 13.5. The second kappa shape index (κ2) is 4.29. The molecule has 0 bridgehead atoms. The van der Waals surface area contributed by atoms with Crippen LogP contribution in [0.1, 0.15) is 13.8 Å². The number of nitrogens with zero attached hydrogens (tertiary/aromatic N) is 1. The van der Waals surface area contributed by atoms with E-state index in [1.165, 1.54) is 44.0 Å². The van der Waals surface area contributed by atoms with Gasteiger partial charge in [-0.1, -0.05) is 11.6 Å². The zero-order valence-electron chi connectivity index (χ0n) is 9.29. The number of likely N-dealkylation sites (N-methyl/N-ethyl adjacent to an activating group) is 1. The highest BCUT2D eigenvalue weighted by Crippen LogP contribution is 2.28. The summed E-state index contributed by atoms with van der Waals surface area (Å²) in [5.41, 5.74) is -1.04. The van der Waals surface area contributed by atoms with Gasteiger partial charge in [0.15, 0.2) is 0 Å². The lowest BCUT2D eigenvalue weighted by Gasteiger charge is -2.33. The van der Waals surface area contributed by atoms with Crippen LogP contribution in [0.4, 0.5) is 10.1 Å². The van der Waals surface area contributed by atoms with Gasteiger partial charge in [0.05, 0.1) is 5.69 Å². The van der Waals surface area contributed by atoms with Crippen LogP contribution in [0.5, 0.6) is 0 Å². The van der Waals surface area contributed by atoms with E-state index in [4.69, 9.17) is 16.7 Å². The van der Waals surface area contributed by atoms with Crippen molar-refractivity contribution in [3.63, 3.8) is 0 Å². The Labute approximate surface area is 98.4 Å². The zero-order valence-corrected chi connectivity index (χ0v) is 10.0. The second-order valence-corrected chi connectivity index (χ2v) is 4.46. The molecule has 0 aromatic heterocycles. The Balaban J connectivity index is 3.19. The van der Waals surface area contributed by atoms with Gasteiger partial charge in [-0.25, -0.2) is 9.18 Å². The number of aliphatic carboxylic acids is 1. The third-order valence-electron chi connectivity index (χ3n) is 2.63. The first-order chi connectivity index (χ1) is 7.26. The Morgan fingerprint density at radius 3 is 2.56 bits per heavy atom. The molecule has 0 aliphatic carbocycles. The van der Waals surface area contributed by atoms with E-state index < -0.39 is 17.3 Å². The molecule has 1 N–H and O–H groups in total. The Kier molecular flexibility index (Phi) is 3.43. The van der Waals surface area contributed by atoms with Gasteiger partial charge in [0.25, 0.3) is 0 Å². The summed E-state index contributed by atoms with van der Waals surface area (Å²) >= 11 is 5.75. The summed E-state index contributed by atoms with van der Waals surface area (Å²) in [5, 5.41) is 9.40. The molecule has 5 heteroatoms. The molecule has 0 aliphatic rings. The molecule has 0 saturated carbocycles. The maximum atomic E-state index is 13.5. The maximum Gasteiger partial charge on any atom is 0.328 e. The smallest absolute Gasteiger partial charge is 0.328 e. The molecular weight excluding hydrogens is 233 g/mol. The zero-order chi connectivity index (χ0) is 12.5. The van der Waals surface area contributed by atoms with Gasteiger partial charge in [0.2, 0.25) is 0 Å². The van der Waals surface area contributed by atoms with Crippen molar-refractivity contribution in [1.29, 1.82) is 0 Å². The minimum absolute atomic E-state index is 0.167. The molecule has 88 valence electrons. The largest absolute Gasteiger partial charge is 0.480 e. The number of benzene rings is 1. The van der Waals surface area contributed by atoms with E-state index >= 15 is 0 Å². The van der Waals surface area contributed by atoms with Crippen molar-refractivity contribution in [3.05, 3.63) is 29.0 Å². The Morgan fingerprint density at radius 2 is 2.06 bits per heavy atom. The average molecular weight is 246 g/mol. The fraction of sp³-hybridized carbons (Fsp3) is 0.364. The van der Waals surface area contributed by atoms with Crippen LogP contribution in [0, 0.1) is 5.82 Å². The molecule has 1 aromatic rings.